The van der Waals surface area contributed by atoms with Crippen LogP contribution in [-0.4, -0.2) is 18.6 Å². The van der Waals surface area contributed by atoms with Gasteiger partial charge < -0.3 is 10.1 Å². The molecule has 2 rings (SSSR count). The van der Waals surface area contributed by atoms with Crippen LogP contribution in [0, 0.1) is 0 Å². The predicted octanol–water partition coefficient (Wildman–Crippen LogP) is 4.40. The van der Waals surface area contributed by atoms with Gasteiger partial charge in [0.25, 0.3) is 0 Å². The lowest BCUT2D eigenvalue weighted by Gasteiger charge is -2.20. The number of halogens is 2. The van der Waals surface area contributed by atoms with Crippen LogP contribution in [0.3, 0.4) is 0 Å². The molecule has 0 bridgehead atoms. The zero-order valence-corrected chi connectivity index (χ0v) is 14.4. The van der Waals surface area contributed by atoms with E-state index in [9.17, 15) is 0 Å². The number of pyridine rings is 1. The first kappa shape index (κ1) is 16.3. The van der Waals surface area contributed by atoms with E-state index >= 15 is 0 Å². The van der Waals surface area contributed by atoms with Gasteiger partial charge in [-0.15, -0.1) is 0 Å². The highest BCUT2D eigenvalue weighted by atomic mass is 79.9. The van der Waals surface area contributed by atoms with Gasteiger partial charge in [0.2, 0.25) is 0 Å². The molecule has 0 spiro atoms. The maximum atomic E-state index is 6.28. The van der Waals surface area contributed by atoms with Crippen molar-refractivity contribution in [3.63, 3.8) is 0 Å². The summed E-state index contributed by atoms with van der Waals surface area (Å²) in [5.74, 6) is 0.851. The third kappa shape index (κ3) is 4.19. The molecule has 1 unspecified atom stereocenters. The molecule has 1 atom stereocenters. The van der Waals surface area contributed by atoms with Gasteiger partial charge in [-0.2, -0.15) is 0 Å². The summed E-state index contributed by atoms with van der Waals surface area (Å²) in [7, 11) is 1.68. The van der Waals surface area contributed by atoms with Crippen LogP contribution in [0.1, 0.15) is 24.1 Å². The molecule has 0 aliphatic carbocycles. The third-order valence-electron chi connectivity index (χ3n) is 3.31. The second-order valence-corrected chi connectivity index (χ2v) is 5.93. The average molecular weight is 370 g/mol. The summed E-state index contributed by atoms with van der Waals surface area (Å²) in [4.78, 5) is 4.05. The maximum absolute atomic E-state index is 6.28. The molecule has 5 heteroatoms. The third-order valence-corrected chi connectivity index (χ3v) is 4.40. The van der Waals surface area contributed by atoms with E-state index in [2.05, 4.69) is 33.2 Å². The number of methoxy groups -OCH3 is 1. The van der Waals surface area contributed by atoms with Gasteiger partial charge in [0.1, 0.15) is 5.75 Å². The summed E-state index contributed by atoms with van der Waals surface area (Å²) in [6.45, 7) is 2.95. The van der Waals surface area contributed by atoms with Gasteiger partial charge in [0.05, 0.1) is 12.1 Å². The Bertz CT molecular complexity index is 607. The van der Waals surface area contributed by atoms with Gasteiger partial charge in [-0.3, -0.25) is 4.98 Å². The number of likely N-dealkylation sites (N-methyl/N-ethyl adjacent to an activating group) is 1. The lowest BCUT2D eigenvalue weighted by Crippen LogP contribution is -2.23. The number of hydrogen-bond donors (Lipinski definition) is 1. The number of ether oxygens (including phenoxy) is 1. The maximum Gasteiger partial charge on any atom is 0.119 e. The molecule has 1 aromatic carbocycles. The van der Waals surface area contributed by atoms with E-state index in [4.69, 9.17) is 16.3 Å². The van der Waals surface area contributed by atoms with Gasteiger partial charge in [0.15, 0.2) is 0 Å². The Hall–Kier alpha value is -1.10. The van der Waals surface area contributed by atoms with Gasteiger partial charge in [-0.1, -0.05) is 34.5 Å². The fourth-order valence-corrected chi connectivity index (χ4v) is 2.92. The molecule has 1 N–H and O–H groups in total. The Morgan fingerprint density at radius 1 is 1.38 bits per heavy atom. The number of hydrogen-bond acceptors (Lipinski definition) is 3. The predicted molar refractivity (Wildman–Crippen MR) is 90.1 cm³/mol. The van der Waals surface area contributed by atoms with Crippen LogP contribution < -0.4 is 10.1 Å². The number of nitrogens with zero attached hydrogens (tertiary/aromatic N) is 1. The van der Waals surface area contributed by atoms with Crippen LogP contribution >= 0.6 is 27.5 Å². The fourth-order valence-electron chi connectivity index (χ4n) is 2.26. The van der Waals surface area contributed by atoms with Crippen LogP contribution in [0.15, 0.2) is 41.1 Å². The van der Waals surface area contributed by atoms with Crippen molar-refractivity contribution in [3.8, 4) is 5.75 Å². The molecule has 0 radical (unpaired) electrons. The zero-order valence-electron chi connectivity index (χ0n) is 12.1. The van der Waals surface area contributed by atoms with Crippen molar-refractivity contribution in [2.45, 2.75) is 19.4 Å². The number of rotatable bonds is 6. The van der Waals surface area contributed by atoms with Crippen LogP contribution in [0.2, 0.25) is 5.02 Å². The summed E-state index contributed by atoms with van der Waals surface area (Å²) >= 11 is 9.88. The van der Waals surface area contributed by atoms with Crippen molar-refractivity contribution in [2.75, 3.05) is 13.7 Å². The van der Waals surface area contributed by atoms with Gasteiger partial charge in [-0.05, 0) is 48.4 Å². The lowest BCUT2D eigenvalue weighted by molar-refractivity contribution is 0.413. The number of nitrogens with one attached hydrogen (secondary N) is 1. The number of benzene rings is 1. The van der Waals surface area contributed by atoms with Crippen molar-refractivity contribution < 1.29 is 4.74 Å². The van der Waals surface area contributed by atoms with Gasteiger partial charge in [0, 0.05) is 22.9 Å². The molecule has 0 saturated heterocycles. The zero-order chi connectivity index (χ0) is 15.2. The van der Waals surface area contributed by atoms with E-state index in [1.165, 1.54) is 5.56 Å². The van der Waals surface area contributed by atoms with Crippen molar-refractivity contribution in [2.24, 2.45) is 0 Å². The van der Waals surface area contributed by atoms with Crippen molar-refractivity contribution in [3.05, 3.63) is 57.3 Å². The monoisotopic (exact) mass is 368 g/mol. The van der Waals surface area contributed by atoms with Crippen LogP contribution in [-0.2, 0) is 6.42 Å². The molecule has 0 saturated carbocycles. The minimum Gasteiger partial charge on any atom is -0.497 e. The van der Waals surface area contributed by atoms with Gasteiger partial charge >= 0.3 is 0 Å². The minimum absolute atomic E-state index is 0.133. The van der Waals surface area contributed by atoms with Crippen LogP contribution in [0.4, 0.5) is 0 Å². The average Bonchev–Trinajstić information content (AvgIpc) is 2.49. The Labute approximate surface area is 138 Å². The molecule has 0 amide bonds. The molecule has 112 valence electrons. The Kier molecular flexibility index (Phi) is 6.03. The first-order valence-electron chi connectivity index (χ1n) is 6.81. The molecular formula is C16H18BrClN2O. The summed E-state index contributed by atoms with van der Waals surface area (Å²) < 4.78 is 6.37. The molecule has 0 fully saturated rings. The molecule has 0 aliphatic rings. The van der Waals surface area contributed by atoms with E-state index in [0.717, 1.165) is 28.8 Å². The lowest BCUT2D eigenvalue weighted by atomic mass is 9.99. The van der Waals surface area contributed by atoms with E-state index in [0.29, 0.717) is 5.02 Å². The highest BCUT2D eigenvalue weighted by Gasteiger charge is 2.16. The molecule has 2 aromatic rings. The topological polar surface area (TPSA) is 34.1 Å². The Balaban J connectivity index is 2.30. The highest BCUT2D eigenvalue weighted by Crippen LogP contribution is 2.29. The summed E-state index contributed by atoms with van der Waals surface area (Å²) in [5.41, 5.74) is 2.23. The number of aromatic nitrogens is 1. The quantitative estimate of drug-likeness (QED) is 0.819. The molecule has 21 heavy (non-hydrogen) atoms. The molecule has 1 aromatic heterocycles. The first-order chi connectivity index (χ1) is 10.2. The Morgan fingerprint density at radius 2 is 2.19 bits per heavy atom. The molecule has 0 aliphatic heterocycles. The van der Waals surface area contributed by atoms with Crippen LogP contribution in [0.5, 0.6) is 5.75 Å². The van der Waals surface area contributed by atoms with E-state index < -0.39 is 0 Å². The van der Waals surface area contributed by atoms with Crippen molar-refractivity contribution in [1.82, 2.24) is 10.3 Å². The molecule has 1 heterocycles. The van der Waals surface area contributed by atoms with Crippen LogP contribution in [0.25, 0.3) is 0 Å². The minimum atomic E-state index is 0.133. The summed E-state index contributed by atoms with van der Waals surface area (Å²) in [6.07, 6.45) is 4.27. The Morgan fingerprint density at radius 3 is 2.86 bits per heavy atom. The standard InChI is InChI=1S/C16H18BrClN2O/c1-3-20-16(13-6-7-19-10-15(13)18)9-11-8-12(21-2)4-5-14(11)17/h4-8,10,16,20H,3,9H2,1-2H3. The summed E-state index contributed by atoms with van der Waals surface area (Å²) in [6, 6.07) is 8.09. The molecule has 3 nitrogen and oxygen atoms in total. The largest absolute Gasteiger partial charge is 0.497 e. The fraction of sp³-hybridized carbons (Fsp3) is 0.312. The van der Waals surface area contributed by atoms with Crippen molar-refractivity contribution >= 4 is 27.5 Å². The normalized spacial score (nSPS) is 12.2. The smallest absolute Gasteiger partial charge is 0.119 e. The summed E-state index contributed by atoms with van der Waals surface area (Å²) in [5, 5.41) is 4.16. The van der Waals surface area contributed by atoms with E-state index in [1.54, 1.807) is 19.5 Å². The van der Waals surface area contributed by atoms with Crippen molar-refractivity contribution in [1.29, 1.82) is 0 Å². The second kappa shape index (κ2) is 7.78. The molecular weight excluding hydrogens is 352 g/mol. The SMILES string of the molecule is CCNC(Cc1cc(OC)ccc1Br)c1ccncc1Cl. The van der Waals surface area contributed by atoms with Gasteiger partial charge in [-0.25, -0.2) is 0 Å². The first-order valence-corrected chi connectivity index (χ1v) is 7.98. The van der Waals surface area contributed by atoms with E-state index in [1.807, 2.05) is 24.3 Å². The highest BCUT2D eigenvalue weighted by molar-refractivity contribution is 9.10. The van der Waals surface area contributed by atoms with E-state index in [-0.39, 0.29) is 6.04 Å². The second-order valence-electron chi connectivity index (χ2n) is 4.67.